The number of nitrogens with one attached hydrogen (secondary N) is 1. The Balaban J connectivity index is 2.02. The zero-order valence-corrected chi connectivity index (χ0v) is 9.31. The van der Waals surface area contributed by atoms with Crippen molar-refractivity contribution in [2.75, 3.05) is 4.90 Å². The summed E-state index contributed by atoms with van der Waals surface area (Å²) in [5.41, 5.74) is 2.49. The lowest BCUT2D eigenvalue weighted by Gasteiger charge is -2.14. The molecule has 3 rings (SSSR count). The Labute approximate surface area is 97.8 Å². The lowest BCUT2D eigenvalue weighted by Crippen LogP contribution is -2.22. The van der Waals surface area contributed by atoms with Crippen LogP contribution in [-0.2, 0) is 13.6 Å². The van der Waals surface area contributed by atoms with Gasteiger partial charge in [-0.15, -0.1) is 0 Å². The van der Waals surface area contributed by atoms with Crippen LogP contribution in [0.25, 0.3) is 0 Å². The lowest BCUT2D eigenvalue weighted by molar-refractivity contribution is 0.627. The molecule has 0 bridgehead atoms. The van der Waals surface area contributed by atoms with E-state index in [1.165, 1.54) is 12.1 Å². The monoisotopic (exact) mass is 230 g/mol. The zero-order chi connectivity index (χ0) is 12.0. The molecule has 1 aromatic heterocycles. The second-order valence-electron chi connectivity index (χ2n) is 4.11. The van der Waals surface area contributed by atoms with E-state index in [1.807, 2.05) is 18.1 Å². The molecule has 0 radical (unpaired) electrons. The number of amidine groups is 1. The van der Waals surface area contributed by atoms with Crippen molar-refractivity contribution in [1.82, 2.24) is 9.78 Å². The van der Waals surface area contributed by atoms with Gasteiger partial charge in [0.05, 0.1) is 18.4 Å². The molecule has 0 fully saturated rings. The minimum atomic E-state index is -0.304. The number of fused-ring (bicyclic) bond motifs is 1. The molecule has 86 valence electrons. The van der Waals surface area contributed by atoms with Crippen molar-refractivity contribution in [1.29, 1.82) is 5.41 Å². The number of aromatic nitrogens is 2. The number of anilines is 1. The van der Waals surface area contributed by atoms with Crippen molar-refractivity contribution >= 4 is 11.5 Å². The van der Waals surface area contributed by atoms with E-state index < -0.39 is 0 Å². The van der Waals surface area contributed by atoms with Crippen molar-refractivity contribution in [2.45, 2.75) is 6.54 Å². The molecule has 1 aliphatic rings. The van der Waals surface area contributed by atoms with Crippen LogP contribution in [0.1, 0.15) is 11.1 Å². The Bertz CT molecular complexity index is 602. The molecule has 1 aromatic carbocycles. The third kappa shape index (κ3) is 1.51. The maximum Gasteiger partial charge on any atom is 0.133 e. The van der Waals surface area contributed by atoms with Crippen LogP contribution < -0.4 is 4.90 Å². The van der Waals surface area contributed by atoms with Crippen LogP contribution in [0, 0.1) is 11.2 Å². The van der Waals surface area contributed by atoms with E-state index in [-0.39, 0.29) is 5.82 Å². The predicted molar refractivity (Wildman–Crippen MR) is 62.6 cm³/mol. The number of rotatable bonds is 1. The number of nitrogens with zero attached hydrogens (tertiary/aromatic N) is 3. The van der Waals surface area contributed by atoms with E-state index in [4.69, 9.17) is 5.41 Å². The number of halogens is 1. The molecule has 0 amide bonds. The Kier molecular flexibility index (Phi) is 2.01. The van der Waals surface area contributed by atoms with Crippen LogP contribution in [0.2, 0.25) is 0 Å². The van der Waals surface area contributed by atoms with Crippen molar-refractivity contribution in [3.05, 3.63) is 47.5 Å². The molecule has 1 N–H and O–H groups in total. The van der Waals surface area contributed by atoms with Crippen LogP contribution >= 0.6 is 0 Å². The van der Waals surface area contributed by atoms with E-state index in [1.54, 1.807) is 16.9 Å². The van der Waals surface area contributed by atoms with Gasteiger partial charge in [-0.05, 0) is 17.7 Å². The molecular formula is C12H11FN4. The summed E-state index contributed by atoms with van der Waals surface area (Å²) >= 11 is 0. The summed E-state index contributed by atoms with van der Waals surface area (Å²) in [6.45, 7) is 0.597. The Morgan fingerprint density at radius 3 is 2.94 bits per heavy atom. The van der Waals surface area contributed by atoms with Gasteiger partial charge in [0.2, 0.25) is 0 Å². The Hall–Kier alpha value is -2.17. The minimum Gasteiger partial charge on any atom is -0.319 e. The fourth-order valence-electron chi connectivity index (χ4n) is 2.07. The first kappa shape index (κ1) is 10.0. The molecule has 0 spiro atoms. The maximum absolute atomic E-state index is 13.1. The quantitative estimate of drug-likeness (QED) is 0.813. The number of hydrogen-bond acceptors (Lipinski definition) is 2. The largest absolute Gasteiger partial charge is 0.319 e. The molecular weight excluding hydrogens is 219 g/mol. The summed E-state index contributed by atoms with van der Waals surface area (Å²) in [6, 6.07) is 4.57. The van der Waals surface area contributed by atoms with Crippen molar-refractivity contribution in [3.63, 3.8) is 0 Å². The smallest absolute Gasteiger partial charge is 0.133 e. The van der Waals surface area contributed by atoms with E-state index in [9.17, 15) is 4.39 Å². The Morgan fingerprint density at radius 2 is 2.24 bits per heavy atom. The van der Waals surface area contributed by atoms with Gasteiger partial charge >= 0.3 is 0 Å². The van der Waals surface area contributed by atoms with E-state index >= 15 is 0 Å². The number of hydrogen-bond donors (Lipinski definition) is 1. The van der Waals surface area contributed by atoms with Gasteiger partial charge in [0.1, 0.15) is 11.7 Å². The van der Waals surface area contributed by atoms with Gasteiger partial charge in [0.25, 0.3) is 0 Å². The highest BCUT2D eigenvalue weighted by Gasteiger charge is 2.26. The summed E-state index contributed by atoms with van der Waals surface area (Å²) in [5.74, 6) is 0.0223. The molecule has 2 aromatic rings. The summed E-state index contributed by atoms with van der Waals surface area (Å²) in [5, 5.41) is 12.1. The standard InChI is InChI=1S/C12H11FN4/c1-16-7-10(5-15-16)17-6-8-2-3-9(13)4-11(8)12(17)14/h2-5,7,14H,6H2,1H3. The highest BCUT2D eigenvalue weighted by molar-refractivity contribution is 6.11. The van der Waals surface area contributed by atoms with Crippen LogP contribution in [0.3, 0.4) is 0 Å². The van der Waals surface area contributed by atoms with Crippen LogP contribution in [0.5, 0.6) is 0 Å². The molecule has 0 aliphatic carbocycles. The highest BCUT2D eigenvalue weighted by atomic mass is 19.1. The third-order valence-electron chi connectivity index (χ3n) is 2.93. The summed E-state index contributed by atoms with van der Waals surface area (Å²) in [4.78, 5) is 1.82. The van der Waals surface area contributed by atoms with E-state index in [0.29, 0.717) is 17.9 Å². The van der Waals surface area contributed by atoms with E-state index in [0.717, 1.165) is 11.3 Å². The lowest BCUT2D eigenvalue weighted by atomic mass is 10.1. The first-order chi connectivity index (χ1) is 8.15. The van der Waals surface area contributed by atoms with Gasteiger partial charge in [-0.25, -0.2) is 4.39 Å². The van der Waals surface area contributed by atoms with Gasteiger partial charge in [0.15, 0.2) is 0 Å². The molecule has 0 unspecified atom stereocenters. The van der Waals surface area contributed by atoms with Crippen LogP contribution in [0.4, 0.5) is 10.1 Å². The molecule has 0 atom stereocenters. The van der Waals surface area contributed by atoms with Gasteiger partial charge in [-0.1, -0.05) is 6.07 Å². The minimum absolute atomic E-state index is 0.304. The van der Waals surface area contributed by atoms with Crippen molar-refractivity contribution in [3.8, 4) is 0 Å². The molecule has 17 heavy (non-hydrogen) atoms. The summed E-state index contributed by atoms with van der Waals surface area (Å²) < 4.78 is 14.8. The van der Waals surface area contributed by atoms with Crippen molar-refractivity contribution < 1.29 is 4.39 Å². The highest BCUT2D eigenvalue weighted by Crippen LogP contribution is 2.28. The maximum atomic E-state index is 13.1. The first-order valence-corrected chi connectivity index (χ1v) is 5.28. The molecule has 0 saturated carbocycles. The van der Waals surface area contributed by atoms with Gasteiger partial charge in [-0.2, -0.15) is 5.10 Å². The first-order valence-electron chi connectivity index (χ1n) is 5.28. The summed E-state index contributed by atoms with van der Waals surface area (Å²) in [6.07, 6.45) is 3.55. The normalized spacial score (nSPS) is 14.2. The SMILES string of the molecule is Cn1cc(N2Cc3ccc(F)cc3C2=N)cn1. The molecule has 5 heteroatoms. The average Bonchev–Trinajstić information content (AvgIpc) is 2.84. The molecule has 1 aliphatic heterocycles. The number of benzene rings is 1. The van der Waals surface area contributed by atoms with Gasteiger partial charge in [-0.3, -0.25) is 10.1 Å². The van der Waals surface area contributed by atoms with E-state index in [2.05, 4.69) is 5.10 Å². The second-order valence-corrected chi connectivity index (χ2v) is 4.11. The number of aryl methyl sites for hydroxylation is 1. The van der Waals surface area contributed by atoms with Crippen LogP contribution in [-0.4, -0.2) is 15.6 Å². The fourth-order valence-corrected chi connectivity index (χ4v) is 2.07. The molecule has 0 saturated heterocycles. The van der Waals surface area contributed by atoms with Gasteiger partial charge in [0, 0.05) is 18.8 Å². The predicted octanol–water partition coefficient (Wildman–Crippen LogP) is 1.90. The molecule has 4 nitrogen and oxygen atoms in total. The second kappa shape index (κ2) is 3.41. The van der Waals surface area contributed by atoms with Gasteiger partial charge < -0.3 is 4.90 Å². The summed E-state index contributed by atoms with van der Waals surface area (Å²) in [7, 11) is 1.83. The zero-order valence-electron chi connectivity index (χ0n) is 9.31. The molecule has 2 heterocycles. The van der Waals surface area contributed by atoms with Crippen molar-refractivity contribution in [2.24, 2.45) is 7.05 Å². The fraction of sp³-hybridized carbons (Fsp3) is 0.167. The topological polar surface area (TPSA) is 44.9 Å². The Morgan fingerprint density at radius 1 is 1.41 bits per heavy atom. The average molecular weight is 230 g/mol. The third-order valence-corrected chi connectivity index (χ3v) is 2.93. The van der Waals surface area contributed by atoms with Crippen LogP contribution in [0.15, 0.2) is 30.6 Å².